The van der Waals surface area contributed by atoms with Gasteiger partial charge in [0.25, 0.3) is 0 Å². The fourth-order valence-corrected chi connectivity index (χ4v) is 1.31. The molecule has 0 radical (unpaired) electrons. The summed E-state index contributed by atoms with van der Waals surface area (Å²) in [6, 6.07) is 0. The predicted octanol–water partition coefficient (Wildman–Crippen LogP) is 0.349. The van der Waals surface area contributed by atoms with Gasteiger partial charge in [-0.2, -0.15) is 0 Å². The molecule has 50 valence electrons. The van der Waals surface area contributed by atoms with E-state index in [0.29, 0.717) is 5.13 Å². The lowest BCUT2D eigenvalue weighted by Gasteiger charge is -2.02. The van der Waals surface area contributed by atoms with Crippen LogP contribution in [0.5, 0.6) is 0 Å². The Morgan fingerprint density at radius 2 is 2.67 bits per heavy atom. The average molecular weight is 163 g/mol. The summed E-state index contributed by atoms with van der Waals surface area (Å²) in [5, 5.41) is 2.08. The fraction of sp³-hybridized carbons (Fsp3) is 0. The third kappa shape index (κ3) is 2.08. The summed E-state index contributed by atoms with van der Waals surface area (Å²) in [7, 11) is 0. The first-order valence-electron chi connectivity index (χ1n) is 2.04. The first-order valence-corrected chi connectivity index (χ1v) is 4.00. The Morgan fingerprint density at radius 3 is 3.11 bits per heavy atom. The maximum absolute atomic E-state index is 9.92. The van der Waals surface area contributed by atoms with Gasteiger partial charge in [-0.05, 0) is 0 Å². The largest absolute Gasteiger partial charge is 0.755 e. The van der Waals surface area contributed by atoms with Gasteiger partial charge in [-0.3, -0.25) is 8.93 Å². The van der Waals surface area contributed by atoms with Crippen molar-refractivity contribution < 1.29 is 8.76 Å². The average Bonchev–Trinajstić information content (AvgIpc) is 2.15. The number of hydrogen-bond donors (Lipinski definition) is 1. The maximum atomic E-state index is 9.92. The summed E-state index contributed by atoms with van der Waals surface area (Å²) in [5.41, 5.74) is 0. The van der Waals surface area contributed by atoms with Gasteiger partial charge in [-0.15, -0.1) is 11.3 Å². The summed E-state index contributed by atoms with van der Waals surface area (Å²) < 4.78 is 22.0. The molecule has 0 bridgehead atoms. The van der Waals surface area contributed by atoms with E-state index in [2.05, 4.69) is 9.71 Å². The Morgan fingerprint density at radius 1 is 1.89 bits per heavy atom. The molecule has 0 aliphatic heterocycles. The number of nitrogens with one attached hydrogen (secondary N) is 1. The number of rotatable bonds is 2. The van der Waals surface area contributed by atoms with Crippen LogP contribution in [0.1, 0.15) is 0 Å². The summed E-state index contributed by atoms with van der Waals surface area (Å²) in [6.07, 6.45) is 1.53. The highest BCUT2D eigenvalue weighted by Gasteiger charge is 1.89. The van der Waals surface area contributed by atoms with Crippen molar-refractivity contribution in [3.05, 3.63) is 11.6 Å². The molecular formula is C3H3N2O2S2-. The topological polar surface area (TPSA) is 65.0 Å². The first-order chi connectivity index (χ1) is 4.29. The Kier molecular flexibility index (Phi) is 2.15. The summed E-state index contributed by atoms with van der Waals surface area (Å²) >= 11 is -1.01. The molecule has 1 unspecified atom stereocenters. The molecule has 1 atom stereocenters. The van der Waals surface area contributed by atoms with Crippen LogP contribution < -0.4 is 4.72 Å². The van der Waals surface area contributed by atoms with Crippen LogP contribution in [0.3, 0.4) is 0 Å². The molecule has 0 fully saturated rings. The number of hydrogen-bond acceptors (Lipinski definition) is 4. The third-order valence-corrected chi connectivity index (χ3v) is 1.78. The zero-order valence-electron chi connectivity index (χ0n) is 4.23. The van der Waals surface area contributed by atoms with E-state index in [1.54, 1.807) is 5.38 Å². The highest BCUT2D eigenvalue weighted by molar-refractivity contribution is 7.80. The summed E-state index contributed by atoms with van der Waals surface area (Å²) in [6.45, 7) is 0. The molecule has 1 N–H and O–H groups in total. The molecule has 1 heterocycles. The molecule has 0 aromatic carbocycles. The zero-order valence-corrected chi connectivity index (χ0v) is 5.87. The molecule has 1 aromatic heterocycles. The molecule has 6 heteroatoms. The maximum Gasteiger partial charge on any atom is 0.193 e. The lowest BCUT2D eigenvalue weighted by molar-refractivity contribution is 0.542. The van der Waals surface area contributed by atoms with Gasteiger partial charge < -0.3 is 4.55 Å². The first kappa shape index (κ1) is 6.66. The van der Waals surface area contributed by atoms with Crippen molar-refractivity contribution in [1.29, 1.82) is 0 Å². The van der Waals surface area contributed by atoms with E-state index in [9.17, 15) is 8.76 Å². The van der Waals surface area contributed by atoms with Gasteiger partial charge in [0.2, 0.25) is 0 Å². The van der Waals surface area contributed by atoms with E-state index in [-0.39, 0.29) is 0 Å². The molecular weight excluding hydrogens is 160 g/mol. The lowest BCUT2D eigenvalue weighted by atomic mass is 11.0. The second kappa shape index (κ2) is 2.90. The molecule has 4 nitrogen and oxygen atoms in total. The number of thiazole rings is 1. The van der Waals surface area contributed by atoms with Crippen molar-refractivity contribution in [3.8, 4) is 0 Å². The molecule has 0 saturated carbocycles. The number of nitrogens with zero attached hydrogens (tertiary/aromatic N) is 1. The van der Waals surface area contributed by atoms with Crippen LogP contribution in [0.15, 0.2) is 11.6 Å². The minimum atomic E-state index is -2.25. The Balaban J connectivity index is 2.58. The van der Waals surface area contributed by atoms with E-state index in [0.717, 1.165) is 0 Å². The van der Waals surface area contributed by atoms with Crippen molar-refractivity contribution in [2.75, 3.05) is 4.72 Å². The molecule has 9 heavy (non-hydrogen) atoms. The van der Waals surface area contributed by atoms with Gasteiger partial charge in [0.15, 0.2) is 5.13 Å². The number of aromatic nitrogens is 1. The van der Waals surface area contributed by atoms with E-state index >= 15 is 0 Å². The molecule has 0 saturated heterocycles. The molecule has 0 spiro atoms. The van der Waals surface area contributed by atoms with Crippen LogP contribution in [-0.2, 0) is 11.3 Å². The van der Waals surface area contributed by atoms with Crippen molar-refractivity contribution in [2.45, 2.75) is 0 Å². The Hall–Kier alpha value is -0.460. The second-order valence-electron chi connectivity index (χ2n) is 1.17. The minimum absolute atomic E-state index is 0.392. The van der Waals surface area contributed by atoms with Crippen LogP contribution in [0.4, 0.5) is 5.13 Å². The Labute approximate surface area is 58.4 Å². The van der Waals surface area contributed by atoms with Crippen LogP contribution in [0, 0.1) is 0 Å². The molecule has 0 aliphatic rings. The second-order valence-corrected chi connectivity index (χ2v) is 2.74. The van der Waals surface area contributed by atoms with E-state index < -0.39 is 11.3 Å². The van der Waals surface area contributed by atoms with E-state index in [1.807, 2.05) is 0 Å². The van der Waals surface area contributed by atoms with Gasteiger partial charge in [0.05, 0.1) is 0 Å². The van der Waals surface area contributed by atoms with Gasteiger partial charge in [0, 0.05) is 22.8 Å². The van der Waals surface area contributed by atoms with Crippen molar-refractivity contribution in [3.63, 3.8) is 0 Å². The van der Waals surface area contributed by atoms with Gasteiger partial charge in [0.1, 0.15) is 0 Å². The van der Waals surface area contributed by atoms with Gasteiger partial charge in [-0.1, -0.05) is 0 Å². The fourth-order valence-electron chi connectivity index (χ4n) is 0.345. The third-order valence-electron chi connectivity index (χ3n) is 0.603. The summed E-state index contributed by atoms with van der Waals surface area (Å²) in [4.78, 5) is 3.67. The van der Waals surface area contributed by atoms with Gasteiger partial charge >= 0.3 is 0 Å². The molecule has 0 aliphatic carbocycles. The van der Waals surface area contributed by atoms with E-state index in [1.165, 1.54) is 17.5 Å². The van der Waals surface area contributed by atoms with E-state index in [4.69, 9.17) is 0 Å². The van der Waals surface area contributed by atoms with Crippen molar-refractivity contribution in [1.82, 2.24) is 4.98 Å². The van der Waals surface area contributed by atoms with Crippen LogP contribution in [-0.4, -0.2) is 13.7 Å². The standard InChI is InChI=1S/C3H4N2O2S2/c6-9(7)5-3-4-1-2-8-3/h1-2H,(H,4,5)(H,6,7)/p-1. The molecule has 1 aromatic rings. The minimum Gasteiger partial charge on any atom is -0.755 e. The molecule has 1 rings (SSSR count). The normalized spacial score (nSPS) is 13.0. The zero-order chi connectivity index (χ0) is 6.69. The predicted molar refractivity (Wildman–Crippen MR) is 34.7 cm³/mol. The quantitative estimate of drug-likeness (QED) is 0.640. The van der Waals surface area contributed by atoms with Crippen molar-refractivity contribution >= 4 is 27.7 Å². The van der Waals surface area contributed by atoms with Crippen molar-refractivity contribution in [2.24, 2.45) is 0 Å². The van der Waals surface area contributed by atoms with Crippen LogP contribution in [0.2, 0.25) is 0 Å². The van der Waals surface area contributed by atoms with Crippen LogP contribution >= 0.6 is 11.3 Å². The Bertz CT molecular complexity index is 198. The van der Waals surface area contributed by atoms with Gasteiger partial charge in [-0.25, -0.2) is 4.98 Å². The summed E-state index contributed by atoms with van der Waals surface area (Å²) in [5.74, 6) is 0. The highest BCUT2D eigenvalue weighted by Crippen LogP contribution is 2.09. The SMILES string of the molecule is O=S([O-])Nc1nccs1. The highest BCUT2D eigenvalue weighted by atomic mass is 32.2. The smallest absolute Gasteiger partial charge is 0.193 e. The number of anilines is 1. The van der Waals surface area contributed by atoms with Crippen LogP contribution in [0.25, 0.3) is 0 Å². The molecule has 0 amide bonds. The monoisotopic (exact) mass is 163 g/mol. The lowest BCUT2D eigenvalue weighted by Crippen LogP contribution is -2.00.